The number of benzene rings is 1. The first-order valence-corrected chi connectivity index (χ1v) is 7.01. The number of carbonyl (C=O) groups excluding carboxylic acids is 1. The summed E-state index contributed by atoms with van der Waals surface area (Å²) >= 11 is 5.92. The Kier molecular flexibility index (Phi) is 5.11. The normalized spacial score (nSPS) is 11.5. The molecule has 0 radical (unpaired) electrons. The third-order valence-corrected chi connectivity index (χ3v) is 3.05. The minimum atomic E-state index is -0.139. The predicted molar refractivity (Wildman–Crippen MR) is 80.6 cm³/mol. The van der Waals surface area contributed by atoms with Crippen molar-refractivity contribution in [3.63, 3.8) is 0 Å². The number of amides is 1. The standard InChI is InChI=1S/C15H16ClN3O2/c1-3-5-10(2)15(20)17-9-13-18-14(19-21-13)11-6-4-7-12(16)8-11/h4-8H,3,9H2,1-2H3,(H,17,20)/b10-5+. The molecule has 0 aliphatic carbocycles. The Bertz CT molecular complexity index is 664. The van der Waals surface area contributed by atoms with Crippen LogP contribution >= 0.6 is 11.6 Å². The van der Waals surface area contributed by atoms with Crippen LogP contribution in [0.3, 0.4) is 0 Å². The van der Waals surface area contributed by atoms with Gasteiger partial charge < -0.3 is 9.84 Å². The molecule has 0 saturated heterocycles. The zero-order chi connectivity index (χ0) is 15.2. The van der Waals surface area contributed by atoms with Crippen molar-refractivity contribution in [2.24, 2.45) is 0 Å². The van der Waals surface area contributed by atoms with E-state index in [0.717, 1.165) is 12.0 Å². The molecule has 1 N–H and O–H groups in total. The zero-order valence-electron chi connectivity index (χ0n) is 11.9. The minimum absolute atomic E-state index is 0.139. The summed E-state index contributed by atoms with van der Waals surface area (Å²) in [6.07, 6.45) is 2.68. The highest BCUT2D eigenvalue weighted by atomic mass is 35.5. The van der Waals surface area contributed by atoms with E-state index in [1.54, 1.807) is 19.1 Å². The Morgan fingerprint density at radius 1 is 1.48 bits per heavy atom. The van der Waals surface area contributed by atoms with Gasteiger partial charge in [0.2, 0.25) is 17.6 Å². The van der Waals surface area contributed by atoms with Crippen molar-refractivity contribution in [1.29, 1.82) is 0 Å². The van der Waals surface area contributed by atoms with E-state index in [1.165, 1.54) is 0 Å². The van der Waals surface area contributed by atoms with E-state index in [2.05, 4.69) is 15.5 Å². The van der Waals surface area contributed by atoms with Gasteiger partial charge in [0.1, 0.15) is 0 Å². The lowest BCUT2D eigenvalue weighted by Gasteiger charge is -2.01. The predicted octanol–water partition coefficient (Wildman–Crippen LogP) is 3.36. The summed E-state index contributed by atoms with van der Waals surface area (Å²) < 4.78 is 5.11. The SMILES string of the molecule is CC/C=C(\C)C(=O)NCc1nc(-c2cccc(Cl)c2)no1. The molecule has 0 atom stereocenters. The first-order chi connectivity index (χ1) is 10.1. The minimum Gasteiger partial charge on any atom is -0.343 e. The van der Waals surface area contributed by atoms with Crippen molar-refractivity contribution < 1.29 is 9.32 Å². The molecule has 0 saturated carbocycles. The van der Waals surface area contributed by atoms with Crippen LogP contribution in [-0.2, 0) is 11.3 Å². The Balaban J connectivity index is 2.01. The van der Waals surface area contributed by atoms with Crippen molar-refractivity contribution in [1.82, 2.24) is 15.5 Å². The van der Waals surface area contributed by atoms with Gasteiger partial charge in [0.15, 0.2) is 0 Å². The van der Waals surface area contributed by atoms with Crippen molar-refractivity contribution in [2.75, 3.05) is 0 Å². The Morgan fingerprint density at radius 3 is 3.00 bits per heavy atom. The number of rotatable bonds is 5. The molecule has 5 nitrogen and oxygen atoms in total. The molecule has 0 aliphatic heterocycles. The van der Waals surface area contributed by atoms with Crippen LogP contribution in [0.4, 0.5) is 0 Å². The average molecular weight is 306 g/mol. The van der Waals surface area contributed by atoms with Gasteiger partial charge in [-0.3, -0.25) is 4.79 Å². The molecule has 21 heavy (non-hydrogen) atoms. The van der Waals surface area contributed by atoms with Crippen molar-refractivity contribution in [3.8, 4) is 11.4 Å². The van der Waals surface area contributed by atoms with Crippen LogP contribution in [0.2, 0.25) is 5.02 Å². The lowest BCUT2D eigenvalue weighted by Crippen LogP contribution is -2.23. The van der Waals surface area contributed by atoms with E-state index in [1.807, 2.05) is 25.1 Å². The maximum Gasteiger partial charge on any atom is 0.247 e. The zero-order valence-corrected chi connectivity index (χ0v) is 12.6. The Morgan fingerprint density at radius 2 is 2.29 bits per heavy atom. The van der Waals surface area contributed by atoms with E-state index in [9.17, 15) is 4.79 Å². The Hall–Kier alpha value is -2.14. The fraction of sp³-hybridized carbons (Fsp3) is 0.267. The van der Waals surface area contributed by atoms with E-state index in [4.69, 9.17) is 16.1 Å². The molecule has 1 aromatic carbocycles. The maximum absolute atomic E-state index is 11.7. The molecule has 1 aromatic heterocycles. The maximum atomic E-state index is 11.7. The van der Waals surface area contributed by atoms with Gasteiger partial charge in [-0.1, -0.05) is 41.9 Å². The number of allylic oxidation sites excluding steroid dienone is 1. The van der Waals surface area contributed by atoms with Crippen LogP contribution in [0, 0.1) is 0 Å². The first-order valence-electron chi connectivity index (χ1n) is 6.63. The summed E-state index contributed by atoms with van der Waals surface area (Å²) in [7, 11) is 0. The number of nitrogens with one attached hydrogen (secondary N) is 1. The summed E-state index contributed by atoms with van der Waals surface area (Å²) in [6, 6.07) is 7.18. The smallest absolute Gasteiger partial charge is 0.247 e. The third kappa shape index (κ3) is 4.16. The largest absolute Gasteiger partial charge is 0.343 e. The van der Waals surface area contributed by atoms with E-state index < -0.39 is 0 Å². The molecule has 1 amide bonds. The second-order valence-corrected chi connectivity index (χ2v) is 4.94. The molecule has 0 spiro atoms. The monoisotopic (exact) mass is 305 g/mol. The average Bonchev–Trinajstić information content (AvgIpc) is 2.94. The topological polar surface area (TPSA) is 68.0 Å². The van der Waals surface area contributed by atoms with Gasteiger partial charge in [0.25, 0.3) is 0 Å². The lowest BCUT2D eigenvalue weighted by molar-refractivity contribution is -0.117. The Labute approximate surface area is 128 Å². The quantitative estimate of drug-likeness (QED) is 0.860. The van der Waals surface area contributed by atoms with Crippen molar-refractivity contribution in [3.05, 3.63) is 46.8 Å². The van der Waals surface area contributed by atoms with Gasteiger partial charge >= 0.3 is 0 Å². The molecule has 110 valence electrons. The summed E-state index contributed by atoms with van der Waals surface area (Å²) in [5, 5.41) is 7.21. The van der Waals surface area contributed by atoms with E-state index in [-0.39, 0.29) is 12.5 Å². The second-order valence-electron chi connectivity index (χ2n) is 4.50. The van der Waals surface area contributed by atoms with Crippen LogP contribution < -0.4 is 5.32 Å². The fourth-order valence-corrected chi connectivity index (χ4v) is 1.96. The highest BCUT2D eigenvalue weighted by Crippen LogP contribution is 2.19. The van der Waals surface area contributed by atoms with Crippen LogP contribution in [-0.4, -0.2) is 16.0 Å². The van der Waals surface area contributed by atoms with Crippen molar-refractivity contribution in [2.45, 2.75) is 26.8 Å². The molecule has 1 heterocycles. The molecule has 0 bridgehead atoms. The number of aromatic nitrogens is 2. The highest BCUT2D eigenvalue weighted by molar-refractivity contribution is 6.30. The summed E-state index contributed by atoms with van der Waals surface area (Å²) in [5.41, 5.74) is 1.44. The van der Waals surface area contributed by atoms with Crippen LogP contribution in [0.5, 0.6) is 0 Å². The molecule has 6 heteroatoms. The van der Waals surface area contributed by atoms with Crippen molar-refractivity contribution >= 4 is 17.5 Å². The van der Waals surface area contributed by atoms with Gasteiger partial charge in [-0.2, -0.15) is 4.98 Å². The van der Waals surface area contributed by atoms with Gasteiger partial charge in [-0.05, 0) is 25.5 Å². The summed E-state index contributed by atoms with van der Waals surface area (Å²) in [6.45, 7) is 3.94. The van der Waals surface area contributed by atoms with Gasteiger partial charge in [-0.15, -0.1) is 0 Å². The number of nitrogens with zero attached hydrogens (tertiary/aromatic N) is 2. The van der Waals surface area contributed by atoms with Crippen LogP contribution in [0.1, 0.15) is 26.2 Å². The molecule has 0 aliphatic rings. The number of hydrogen-bond donors (Lipinski definition) is 1. The van der Waals surface area contributed by atoms with Crippen LogP contribution in [0.25, 0.3) is 11.4 Å². The molecule has 0 unspecified atom stereocenters. The van der Waals surface area contributed by atoms with Gasteiger partial charge in [0.05, 0.1) is 6.54 Å². The molecule has 0 fully saturated rings. The van der Waals surface area contributed by atoms with Gasteiger partial charge in [-0.25, -0.2) is 0 Å². The van der Waals surface area contributed by atoms with E-state index >= 15 is 0 Å². The third-order valence-electron chi connectivity index (χ3n) is 2.82. The fourth-order valence-electron chi connectivity index (χ4n) is 1.77. The van der Waals surface area contributed by atoms with E-state index in [0.29, 0.717) is 22.3 Å². The van der Waals surface area contributed by atoms with Gasteiger partial charge in [0, 0.05) is 16.2 Å². The number of carbonyl (C=O) groups is 1. The van der Waals surface area contributed by atoms with Crippen LogP contribution in [0.15, 0.2) is 40.4 Å². The lowest BCUT2D eigenvalue weighted by atomic mass is 10.2. The summed E-state index contributed by atoms with van der Waals surface area (Å²) in [5.74, 6) is 0.657. The molecule has 2 aromatic rings. The second kappa shape index (κ2) is 7.04. The molecule has 2 rings (SSSR count). The summed E-state index contributed by atoms with van der Waals surface area (Å²) in [4.78, 5) is 16.0. The number of hydrogen-bond acceptors (Lipinski definition) is 4. The highest BCUT2D eigenvalue weighted by Gasteiger charge is 2.10. The first kappa shape index (κ1) is 15.3. The number of halogens is 1. The molecular formula is C15H16ClN3O2. The molecular weight excluding hydrogens is 290 g/mol.